The molecule has 0 radical (unpaired) electrons. The maximum atomic E-state index is 12.2. The average Bonchev–Trinajstić information content (AvgIpc) is 3.14. The molecule has 0 aliphatic carbocycles. The van der Waals surface area contributed by atoms with Gasteiger partial charge in [0.25, 0.3) is 0 Å². The number of aromatic nitrogens is 1. The van der Waals surface area contributed by atoms with E-state index in [1.54, 1.807) is 14.2 Å². The van der Waals surface area contributed by atoms with E-state index in [1.807, 2.05) is 54.7 Å². The Labute approximate surface area is 163 Å². The van der Waals surface area contributed by atoms with E-state index < -0.39 is 0 Å². The molecule has 3 rings (SSSR count). The van der Waals surface area contributed by atoms with Gasteiger partial charge in [0.2, 0.25) is 5.91 Å². The lowest BCUT2D eigenvalue weighted by Crippen LogP contribution is -2.11. The number of carbonyl (C=O) groups excluding carboxylic acids is 1. The molecule has 1 N–H and O–H groups in total. The third-order valence-corrected chi connectivity index (χ3v) is 5.05. The summed E-state index contributed by atoms with van der Waals surface area (Å²) in [6.07, 6.45) is 3.69. The zero-order valence-electron chi connectivity index (χ0n) is 15.4. The molecule has 0 aliphatic heterocycles. The molecule has 0 aliphatic rings. The Morgan fingerprint density at radius 2 is 1.56 bits per heavy atom. The number of nitrogens with zero attached hydrogens (tertiary/aromatic N) is 1. The van der Waals surface area contributed by atoms with Crippen molar-refractivity contribution in [3.05, 3.63) is 70.7 Å². The Bertz CT molecular complexity index is 873. The summed E-state index contributed by atoms with van der Waals surface area (Å²) in [5, 5.41) is 3.52. The summed E-state index contributed by atoms with van der Waals surface area (Å²) in [4.78, 5) is 17.6. The van der Waals surface area contributed by atoms with Crippen molar-refractivity contribution in [1.29, 1.82) is 0 Å². The molecule has 0 atom stereocenters. The quantitative estimate of drug-likeness (QED) is 0.630. The summed E-state index contributed by atoms with van der Waals surface area (Å²) in [6, 6.07) is 15.7. The number of thiazole rings is 1. The largest absolute Gasteiger partial charge is 0.497 e. The van der Waals surface area contributed by atoms with Gasteiger partial charge in [-0.2, -0.15) is 0 Å². The lowest BCUT2D eigenvalue weighted by Gasteiger charge is -2.04. The van der Waals surface area contributed by atoms with E-state index >= 15 is 0 Å². The molecule has 0 saturated carbocycles. The lowest BCUT2D eigenvalue weighted by molar-refractivity contribution is -0.116. The number of methoxy groups -OCH3 is 2. The van der Waals surface area contributed by atoms with Gasteiger partial charge in [-0.1, -0.05) is 24.3 Å². The highest BCUT2D eigenvalue weighted by molar-refractivity contribution is 7.15. The van der Waals surface area contributed by atoms with Crippen molar-refractivity contribution < 1.29 is 14.3 Å². The summed E-state index contributed by atoms with van der Waals surface area (Å²) in [5.74, 6) is 1.62. The number of rotatable bonds is 8. The van der Waals surface area contributed by atoms with Crippen molar-refractivity contribution in [2.24, 2.45) is 0 Å². The van der Waals surface area contributed by atoms with Gasteiger partial charge < -0.3 is 14.8 Å². The molecule has 1 amide bonds. The van der Waals surface area contributed by atoms with Crippen LogP contribution in [0.3, 0.4) is 0 Å². The normalized spacial score (nSPS) is 10.4. The van der Waals surface area contributed by atoms with Gasteiger partial charge in [-0.05, 0) is 41.8 Å². The van der Waals surface area contributed by atoms with E-state index in [-0.39, 0.29) is 5.91 Å². The second-order valence-electron chi connectivity index (χ2n) is 6.05. The minimum absolute atomic E-state index is 0.0313. The summed E-state index contributed by atoms with van der Waals surface area (Å²) in [6.45, 7) is 0. The molecule has 2 aromatic carbocycles. The molecule has 0 bridgehead atoms. The van der Waals surface area contributed by atoms with Crippen molar-refractivity contribution in [3.63, 3.8) is 0 Å². The van der Waals surface area contributed by atoms with Gasteiger partial charge in [0.05, 0.1) is 14.2 Å². The Morgan fingerprint density at radius 1 is 0.963 bits per heavy atom. The number of aryl methyl sites for hydroxylation is 1. The van der Waals surface area contributed by atoms with Crippen LogP contribution in [0.25, 0.3) is 0 Å². The second kappa shape index (κ2) is 9.19. The minimum Gasteiger partial charge on any atom is -0.497 e. The first-order valence-electron chi connectivity index (χ1n) is 8.66. The van der Waals surface area contributed by atoms with E-state index in [1.165, 1.54) is 16.9 Å². The number of hydrogen-bond acceptors (Lipinski definition) is 5. The maximum Gasteiger partial charge on any atom is 0.226 e. The molecule has 27 heavy (non-hydrogen) atoms. The summed E-state index contributed by atoms with van der Waals surface area (Å²) < 4.78 is 10.3. The third kappa shape index (κ3) is 5.56. The number of carbonyl (C=O) groups is 1. The van der Waals surface area contributed by atoms with E-state index in [0.29, 0.717) is 18.0 Å². The predicted molar refractivity (Wildman–Crippen MR) is 108 cm³/mol. The topological polar surface area (TPSA) is 60.5 Å². The minimum atomic E-state index is -0.0313. The molecule has 1 aromatic heterocycles. The van der Waals surface area contributed by atoms with Gasteiger partial charge in [0, 0.05) is 23.9 Å². The van der Waals surface area contributed by atoms with Gasteiger partial charge in [0.15, 0.2) is 5.13 Å². The van der Waals surface area contributed by atoms with Gasteiger partial charge >= 0.3 is 0 Å². The van der Waals surface area contributed by atoms with Crippen LogP contribution >= 0.6 is 11.3 Å². The number of nitrogens with one attached hydrogen (secondary N) is 1. The van der Waals surface area contributed by atoms with Crippen molar-refractivity contribution in [2.75, 3.05) is 19.5 Å². The standard InChI is InChI=1S/C21H22N2O3S/c1-25-17-8-3-15(4-9-17)7-12-20(24)23-21-22-14-19(27-21)13-16-5-10-18(26-2)11-6-16/h3-6,8-11,14H,7,12-13H2,1-2H3,(H,22,23,24). The number of hydrogen-bond donors (Lipinski definition) is 1. The van der Waals surface area contributed by atoms with Crippen molar-refractivity contribution in [2.45, 2.75) is 19.3 Å². The summed E-state index contributed by atoms with van der Waals surface area (Å²) in [7, 11) is 3.29. The van der Waals surface area contributed by atoms with Crippen LogP contribution in [0.4, 0.5) is 5.13 Å². The van der Waals surface area contributed by atoms with E-state index in [9.17, 15) is 4.79 Å². The van der Waals surface area contributed by atoms with Gasteiger partial charge in [-0.15, -0.1) is 11.3 Å². The summed E-state index contributed by atoms with van der Waals surface area (Å²) >= 11 is 1.50. The monoisotopic (exact) mass is 382 g/mol. The number of ether oxygens (including phenoxy) is 2. The van der Waals surface area contributed by atoms with Crippen molar-refractivity contribution in [3.8, 4) is 11.5 Å². The predicted octanol–water partition coefficient (Wildman–Crippen LogP) is 4.32. The highest BCUT2D eigenvalue weighted by Crippen LogP contribution is 2.22. The SMILES string of the molecule is COc1ccc(CCC(=O)Nc2ncc(Cc3ccc(OC)cc3)s2)cc1. The first-order chi connectivity index (χ1) is 13.2. The Kier molecular flexibility index (Phi) is 6.44. The lowest BCUT2D eigenvalue weighted by atomic mass is 10.1. The van der Waals surface area contributed by atoms with E-state index in [0.717, 1.165) is 28.4 Å². The van der Waals surface area contributed by atoms with Crippen molar-refractivity contribution >= 4 is 22.4 Å². The van der Waals surface area contributed by atoms with Crippen LogP contribution < -0.4 is 14.8 Å². The Hall–Kier alpha value is -2.86. The fraction of sp³-hybridized carbons (Fsp3) is 0.238. The molecule has 0 spiro atoms. The molecular formula is C21H22N2O3S. The van der Waals surface area contributed by atoms with Crippen LogP contribution in [0.1, 0.15) is 22.4 Å². The molecule has 1 heterocycles. The number of anilines is 1. The molecule has 140 valence electrons. The molecule has 5 nitrogen and oxygen atoms in total. The molecule has 0 saturated heterocycles. The van der Waals surface area contributed by atoms with E-state index in [4.69, 9.17) is 9.47 Å². The Balaban J connectivity index is 1.49. The highest BCUT2D eigenvalue weighted by Gasteiger charge is 2.08. The molecule has 3 aromatic rings. The maximum absolute atomic E-state index is 12.2. The fourth-order valence-electron chi connectivity index (χ4n) is 2.62. The molecule has 0 unspecified atom stereocenters. The van der Waals surface area contributed by atoms with Crippen molar-refractivity contribution in [1.82, 2.24) is 4.98 Å². The second-order valence-corrected chi connectivity index (χ2v) is 7.17. The van der Waals surface area contributed by atoms with Gasteiger partial charge in [0.1, 0.15) is 11.5 Å². The first kappa shape index (κ1) is 18.9. The zero-order chi connectivity index (χ0) is 19.1. The van der Waals surface area contributed by atoms with Crippen LogP contribution in [0.2, 0.25) is 0 Å². The van der Waals surface area contributed by atoms with Crippen LogP contribution in [0, 0.1) is 0 Å². The smallest absolute Gasteiger partial charge is 0.226 e. The Morgan fingerprint density at radius 3 is 2.15 bits per heavy atom. The fourth-order valence-corrected chi connectivity index (χ4v) is 3.49. The first-order valence-corrected chi connectivity index (χ1v) is 9.48. The van der Waals surface area contributed by atoms with Crippen LogP contribution in [-0.2, 0) is 17.6 Å². The van der Waals surface area contributed by atoms with E-state index in [2.05, 4.69) is 10.3 Å². The number of benzene rings is 2. The average molecular weight is 382 g/mol. The summed E-state index contributed by atoms with van der Waals surface area (Å²) in [5.41, 5.74) is 2.28. The van der Waals surface area contributed by atoms with Crippen LogP contribution in [-0.4, -0.2) is 25.1 Å². The molecular weight excluding hydrogens is 360 g/mol. The van der Waals surface area contributed by atoms with Crippen LogP contribution in [0.15, 0.2) is 54.7 Å². The third-order valence-electron chi connectivity index (χ3n) is 4.14. The van der Waals surface area contributed by atoms with Gasteiger partial charge in [-0.25, -0.2) is 4.98 Å². The van der Waals surface area contributed by atoms with Crippen LogP contribution in [0.5, 0.6) is 11.5 Å². The zero-order valence-corrected chi connectivity index (χ0v) is 16.2. The van der Waals surface area contributed by atoms with Gasteiger partial charge in [-0.3, -0.25) is 4.79 Å². The molecule has 6 heteroatoms. The highest BCUT2D eigenvalue weighted by atomic mass is 32.1. The number of amides is 1. The molecule has 0 fully saturated rings.